The Kier molecular flexibility index (Phi) is 4.88. The largest absolute Gasteiger partial charge is 0.206 e. The van der Waals surface area contributed by atoms with Gasteiger partial charge in [-0.25, -0.2) is 8.78 Å². The summed E-state index contributed by atoms with van der Waals surface area (Å²) < 4.78 is 28.4. The molecule has 1 unspecified atom stereocenters. The predicted molar refractivity (Wildman–Crippen MR) is 85.8 cm³/mol. The molecule has 0 aliphatic heterocycles. The van der Waals surface area contributed by atoms with Crippen molar-refractivity contribution in [2.24, 2.45) is 0 Å². The predicted octanol–water partition coefficient (Wildman–Crippen LogP) is 6.48. The third-order valence-corrected chi connectivity index (χ3v) is 4.93. The first-order chi connectivity index (χ1) is 9.31. The summed E-state index contributed by atoms with van der Waals surface area (Å²) in [7, 11) is 0. The topological polar surface area (TPSA) is 0 Å². The van der Waals surface area contributed by atoms with Gasteiger partial charge < -0.3 is 0 Å². The Hall–Kier alpha value is -0.450. The van der Waals surface area contributed by atoms with Crippen LogP contribution in [0.3, 0.4) is 0 Å². The maximum atomic E-state index is 14.0. The molecule has 0 radical (unpaired) electrons. The SMILES string of the molecule is Cc1cc(C(Br)c2c(F)cc(Br)cc2F)c(C)cc1Cl. The molecule has 0 fully saturated rings. The van der Waals surface area contributed by atoms with E-state index in [0.29, 0.717) is 9.50 Å². The van der Waals surface area contributed by atoms with Crippen LogP contribution in [-0.2, 0) is 0 Å². The maximum absolute atomic E-state index is 14.0. The molecule has 0 saturated carbocycles. The summed E-state index contributed by atoms with van der Waals surface area (Å²) in [6, 6.07) is 6.16. The van der Waals surface area contributed by atoms with Crippen LogP contribution in [0.4, 0.5) is 8.78 Å². The Bertz CT molecular complexity index is 648. The van der Waals surface area contributed by atoms with Crippen LogP contribution in [0, 0.1) is 25.5 Å². The summed E-state index contributed by atoms with van der Waals surface area (Å²) in [6.45, 7) is 3.73. The van der Waals surface area contributed by atoms with Crippen molar-refractivity contribution < 1.29 is 8.78 Å². The van der Waals surface area contributed by atoms with Gasteiger partial charge in [0.15, 0.2) is 0 Å². The van der Waals surface area contributed by atoms with E-state index in [-0.39, 0.29) is 5.56 Å². The summed E-state index contributed by atoms with van der Waals surface area (Å²) in [4.78, 5) is -0.563. The van der Waals surface area contributed by atoms with E-state index in [0.717, 1.165) is 16.7 Å². The van der Waals surface area contributed by atoms with Gasteiger partial charge >= 0.3 is 0 Å². The molecule has 2 aromatic rings. The number of aryl methyl sites for hydroxylation is 2. The molecular formula is C15H11Br2ClF2. The minimum atomic E-state index is -0.592. The fourth-order valence-electron chi connectivity index (χ4n) is 2.03. The number of hydrogen-bond acceptors (Lipinski definition) is 0. The van der Waals surface area contributed by atoms with E-state index in [1.807, 2.05) is 19.9 Å². The van der Waals surface area contributed by atoms with E-state index in [1.54, 1.807) is 6.07 Å². The molecule has 0 amide bonds. The molecule has 0 nitrogen and oxygen atoms in total. The van der Waals surface area contributed by atoms with Gasteiger partial charge in [-0.1, -0.05) is 49.5 Å². The van der Waals surface area contributed by atoms with Gasteiger partial charge in [0.1, 0.15) is 11.6 Å². The average molecular weight is 425 g/mol. The monoisotopic (exact) mass is 422 g/mol. The minimum Gasteiger partial charge on any atom is -0.206 e. The summed E-state index contributed by atoms with van der Waals surface area (Å²) in [5.41, 5.74) is 2.55. The van der Waals surface area contributed by atoms with Crippen molar-refractivity contribution in [1.82, 2.24) is 0 Å². The highest BCUT2D eigenvalue weighted by Gasteiger charge is 2.22. The van der Waals surface area contributed by atoms with Crippen molar-refractivity contribution in [2.75, 3.05) is 0 Å². The third-order valence-electron chi connectivity index (χ3n) is 3.12. The van der Waals surface area contributed by atoms with Crippen molar-refractivity contribution in [3.05, 3.63) is 67.6 Å². The first kappa shape index (κ1) is 15.9. The standard InChI is InChI=1S/C15H11Br2ClF2/c1-7-4-11(18)8(2)3-10(7)15(17)14-12(19)5-9(16)6-13(14)20/h3-6,15H,1-2H3. The maximum Gasteiger partial charge on any atom is 0.131 e. The lowest BCUT2D eigenvalue weighted by molar-refractivity contribution is 0.559. The highest BCUT2D eigenvalue weighted by atomic mass is 79.9. The fourth-order valence-corrected chi connectivity index (χ4v) is 3.58. The zero-order valence-corrected chi connectivity index (χ0v) is 14.7. The second-order valence-corrected chi connectivity index (χ2v) is 6.84. The molecule has 0 N–H and O–H groups in total. The van der Waals surface area contributed by atoms with E-state index in [4.69, 9.17) is 11.6 Å². The van der Waals surface area contributed by atoms with Crippen LogP contribution < -0.4 is 0 Å². The van der Waals surface area contributed by atoms with Gasteiger partial charge in [-0.15, -0.1) is 0 Å². The molecule has 5 heteroatoms. The van der Waals surface area contributed by atoms with Crippen molar-refractivity contribution in [3.63, 3.8) is 0 Å². The van der Waals surface area contributed by atoms with E-state index < -0.39 is 16.5 Å². The second kappa shape index (κ2) is 6.12. The lowest BCUT2D eigenvalue weighted by atomic mass is 9.98. The molecule has 1 atom stereocenters. The van der Waals surface area contributed by atoms with Gasteiger partial charge in [0, 0.05) is 15.1 Å². The number of rotatable bonds is 2. The van der Waals surface area contributed by atoms with Gasteiger partial charge in [-0.05, 0) is 48.7 Å². The van der Waals surface area contributed by atoms with Gasteiger partial charge in [-0.3, -0.25) is 0 Å². The summed E-state index contributed by atoms with van der Waals surface area (Å²) >= 11 is 12.5. The smallest absolute Gasteiger partial charge is 0.131 e. The first-order valence-corrected chi connectivity index (χ1v) is 7.95. The normalized spacial score (nSPS) is 12.6. The molecule has 0 aliphatic rings. The molecular weight excluding hydrogens is 413 g/mol. The van der Waals surface area contributed by atoms with Crippen LogP contribution in [0.15, 0.2) is 28.7 Å². The molecule has 0 spiro atoms. The quantitative estimate of drug-likeness (QED) is 0.484. The fraction of sp³-hybridized carbons (Fsp3) is 0.200. The van der Waals surface area contributed by atoms with Gasteiger partial charge in [-0.2, -0.15) is 0 Å². The van der Waals surface area contributed by atoms with Crippen molar-refractivity contribution in [1.29, 1.82) is 0 Å². The Balaban J connectivity index is 2.57. The summed E-state index contributed by atoms with van der Waals surface area (Å²) in [5.74, 6) is -1.18. The average Bonchev–Trinajstić information content (AvgIpc) is 2.32. The molecule has 0 bridgehead atoms. The number of halogens is 5. The van der Waals surface area contributed by atoms with Crippen LogP contribution in [-0.4, -0.2) is 0 Å². The highest BCUT2D eigenvalue weighted by Crippen LogP contribution is 2.38. The zero-order chi connectivity index (χ0) is 15.0. The van der Waals surface area contributed by atoms with E-state index in [9.17, 15) is 8.78 Å². The van der Waals surface area contributed by atoms with Crippen LogP contribution in [0.5, 0.6) is 0 Å². The van der Waals surface area contributed by atoms with Crippen molar-refractivity contribution in [3.8, 4) is 0 Å². The highest BCUT2D eigenvalue weighted by molar-refractivity contribution is 9.10. The van der Waals surface area contributed by atoms with Crippen molar-refractivity contribution >= 4 is 43.5 Å². The molecule has 0 aromatic heterocycles. The first-order valence-electron chi connectivity index (χ1n) is 5.86. The van der Waals surface area contributed by atoms with E-state index >= 15 is 0 Å². The zero-order valence-electron chi connectivity index (χ0n) is 10.8. The van der Waals surface area contributed by atoms with E-state index in [2.05, 4.69) is 31.9 Å². The molecule has 2 rings (SSSR count). The molecule has 0 saturated heterocycles. The molecule has 2 aromatic carbocycles. The number of alkyl halides is 1. The Morgan fingerprint density at radius 2 is 1.55 bits per heavy atom. The summed E-state index contributed by atoms with van der Waals surface area (Å²) in [6.07, 6.45) is 0. The third kappa shape index (κ3) is 3.07. The summed E-state index contributed by atoms with van der Waals surface area (Å²) in [5, 5.41) is 0.641. The minimum absolute atomic E-state index is 0.00183. The Morgan fingerprint density at radius 1 is 1.00 bits per heavy atom. The lowest BCUT2D eigenvalue weighted by Crippen LogP contribution is -2.03. The van der Waals surface area contributed by atoms with Crippen LogP contribution in [0.25, 0.3) is 0 Å². The molecule has 20 heavy (non-hydrogen) atoms. The number of benzene rings is 2. The molecule has 0 heterocycles. The Labute approximate surface area is 138 Å². The van der Waals surface area contributed by atoms with Gasteiger partial charge in [0.2, 0.25) is 0 Å². The Morgan fingerprint density at radius 3 is 2.10 bits per heavy atom. The number of hydrogen-bond donors (Lipinski definition) is 0. The molecule has 0 aliphatic carbocycles. The van der Waals surface area contributed by atoms with Crippen LogP contribution in [0.1, 0.15) is 27.1 Å². The van der Waals surface area contributed by atoms with E-state index in [1.165, 1.54) is 12.1 Å². The van der Waals surface area contributed by atoms with Crippen molar-refractivity contribution in [2.45, 2.75) is 18.7 Å². The van der Waals surface area contributed by atoms with Gasteiger partial charge in [0.25, 0.3) is 0 Å². The van der Waals surface area contributed by atoms with Crippen LogP contribution in [0.2, 0.25) is 5.02 Å². The molecule has 106 valence electrons. The van der Waals surface area contributed by atoms with Crippen LogP contribution >= 0.6 is 43.5 Å². The second-order valence-electron chi connectivity index (χ2n) is 4.60. The van der Waals surface area contributed by atoms with Gasteiger partial charge in [0.05, 0.1) is 4.83 Å². The lowest BCUT2D eigenvalue weighted by Gasteiger charge is -2.17.